The van der Waals surface area contributed by atoms with E-state index in [0.717, 1.165) is 29.7 Å². The second-order valence-electron chi connectivity index (χ2n) is 7.91. The van der Waals surface area contributed by atoms with E-state index in [9.17, 15) is 14.4 Å². The molecule has 3 N–H and O–H groups in total. The van der Waals surface area contributed by atoms with Crippen molar-refractivity contribution in [3.8, 4) is 0 Å². The van der Waals surface area contributed by atoms with Gasteiger partial charge in [-0.2, -0.15) is 0 Å². The minimum atomic E-state index is -0.334. The van der Waals surface area contributed by atoms with Gasteiger partial charge in [0.15, 0.2) is 5.76 Å². The molecule has 1 aliphatic rings. The number of carbonyl (C=O) groups excluding carboxylic acids is 3. The van der Waals surface area contributed by atoms with Gasteiger partial charge in [-0.05, 0) is 47.4 Å². The number of nitrogens with zero attached hydrogens (tertiary/aromatic N) is 1. The van der Waals surface area contributed by atoms with Gasteiger partial charge in [-0.25, -0.2) is 4.79 Å². The Balaban J connectivity index is 1.24. The summed E-state index contributed by atoms with van der Waals surface area (Å²) in [4.78, 5) is 38.1. The molecule has 0 unspecified atom stereocenters. The summed E-state index contributed by atoms with van der Waals surface area (Å²) in [6, 6.07) is 18.1. The molecule has 8 nitrogen and oxygen atoms in total. The van der Waals surface area contributed by atoms with E-state index in [1.165, 1.54) is 6.26 Å². The fraction of sp³-hybridized carbons (Fsp3) is 0.240. The van der Waals surface area contributed by atoms with E-state index in [1.807, 2.05) is 41.3 Å². The van der Waals surface area contributed by atoms with Gasteiger partial charge in [0.05, 0.1) is 6.26 Å². The first-order chi connectivity index (χ1) is 16.1. The minimum absolute atomic E-state index is 0.197. The molecule has 0 aliphatic carbocycles. The van der Waals surface area contributed by atoms with E-state index in [4.69, 9.17) is 4.42 Å². The maximum atomic E-state index is 12.3. The van der Waals surface area contributed by atoms with Gasteiger partial charge in [0.2, 0.25) is 5.91 Å². The number of furan rings is 1. The van der Waals surface area contributed by atoms with E-state index in [1.54, 1.807) is 24.3 Å². The molecule has 0 spiro atoms. The van der Waals surface area contributed by atoms with Crippen molar-refractivity contribution in [1.82, 2.24) is 15.5 Å². The Bertz CT molecular complexity index is 1130. The molecule has 4 amide bonds. The predicted molar refractivity (Wildman–Crippen MR) is 123 cm³/mol. The first-order valence-corrected chi connectivity index (χ1v) is 10.9. The van der Waals surface area contributed by atoms with Crippen LogP contribution in [0.2, 0.25) is 0 Å². The molecule has 170 valence electrons. The first-order valence-electron chi connectivity index (χ1n) is 10.9. The molecule has 1 saturated heterocycles. The van der Waals surface area contributed by atoms with E-state index in [-0.39, 0.29) is 23.6 Å². The average molecular weight is 447 g/mol. The van der Waals surface area contributed by atoms with Gasteiger partial charge in [-0.3, -0.25) is 9.59 Å². The molecule has 2 aromatic carbocycles. The topological polar surface area (TPSA) is 104 Å². The Morgan fingerprint density at radius 1 is 0.909 bits per heavy atom. The van der Waals surface area contributed by atoms with Crippen molar-refractivity contribution in [3.63, 3.8) is 0 Å². The molecule has 3 aromatic rings. The zero-order chi connectivity index (χ0) is 23.0. The van der Waals surface area contributed by atoms with Crippen LogP contribution in [0, 0.1) is 0 Å². The van der Waals surface area contributed by atoms with Crippen molar-refractivity contribution in [2.24, 2.45) is 0 Å². The highest BCUT2D eigenvalue weighted by Gasteiger charge is 2.20. The van der Waals surface area contributed by atoms with Gasteiger partial charge in [-0.15, -0.1) is 0 Å². The van der Waals surface area contributed by atoms with E-state index in [2.05, 4.69) is 16.0 Å². The van der Waals surface area contributed by atoms with E-state index < -0.39 is 0 Å². The van der Waals surface area contributed by atoms with Gasteiger partial charge in [0.25, 0.3) is 5.91 Å². The molecule has 0 atom stereocenters. The third kappa shape index (κ3) is 6.22. The van der Waals surface area contributed by atoms with Crippen LogP contribution in [0.5, 0.6) is 0 Å². The fourth-order valence-corrected chi connectivity index (χ4v) is 3.72. The van der Waals surface area contributed by atoms with Crippen LogP contribution in [0.25, 0.3) is 0 Å². The quantitative estimate of drug-likeness (QED) is 0.491. The van der Waals surface area contributed by atoms with Crippen molar-refractivity contribution in [2.75, 3.05) is 11.9 Å². The smallest absolute Gasteiger partial charge is 0.315 e. The van der Waals surface area contributed by atoms with Crippen LogP contribution in [0.4, 0.5) is 10.5 Å². The molecule has 4 rings (SSSR count). The van der Waals surface area contributed by atoms with Crippen LogP contribution in [-0.4, -0.2) is 29.3 Å². The number of amides is 4. The van der Waals surface area contributed by atoms with Crippen LogP contribution >= 0.6 is 0 Å². The number of nitrogens with one attached hydrogen (secondary N) is 3. The zero-order valence-corrected chi connectivity index (χ0v) is 18.2. The van der Waals surface area contributed by atoms with Crippen LogP contribution in [0.1, 0.15) is 40.1 Å². The standard InChI is InChI=1S/C25H26N4O4/c30-23-10-3-11-29(23)17-20-7-1-5-18(13-20)15-26-25(32)27-16-19-6-2-8-21(14-19)28-24(31)22-9-4-12-33-22/h1-2,4-9,12-14H,3,10-11,15-17H2,(H,28,31)(H2,26,27,32). The average Bonchev–Trinajstić information content (AvgIpc) is 3.49. The van der Waals surface area contributed by atoms with Gasteiger partial charge >= 0.3 is 6.03 Å². The third-order valence-corrected chi connectivity index (χ3v) is 5.37. The molecular formula is C25H26N4O4. The SMILES string of the molecule is O=C(NCc1cccc(CN2CCCC2=O)c1)NCc1cccc(NC(=O)c2ccco2)c1. The summed E-state index contributed by atoms with van der Waals surface area (Å²) in [7, 11) is 0. The summed E-state index contributed by atoms with van der Waals surface area (Å²) in [5.41, 5.74) is 3.49. The second kappa shape index (κ2) is 10.5. The molecule has 0 bridgehead atoms. The lowest BCUT2D eigenvalue weighted by Gasteiger charge is -2.16. The van der Waals surface area contributed by atoms with Gasteiger partial charge in [0.1, 0.15) is 0 Å². The Morgan fingerprint density at radius 3 is 2.33 bits per heavy atom. The van der Waals surface area contributed by atoms with Crippen molar-refractivity contribution >= 4 is 23.5 Å². The summed E-state index contributed by atoms with van der Waals surface area (Å²) in [5.74, 6) is 0.0932. The van der Waals surface area contributed by atoms with E-state index >= 15 is 0 Å². The van der Waals surface area contributed by atoms with Crippen LogP contribution in [0.15, 0.2) is 71.3 Å². The number of rotatable bonds is 8. The van der Waals surface area contributed by atoms with Crippen molar-refractivity contribution in [1.29, 1.82) is 0 Å². The van der Waals surface area contributed by atoms with Crippen molar-refractivity contribution < 1.29 is 18.8 Å². The molecule has 8 heteroatoms. The normalized spacial score (nSPS) is 13.1. The van der Waals surface area contributed by atoms with Crippen LogP contribution < -0.4 is 16.0 Å². The predicted octanol–water partition coefficient (Wildman–Crippen LogP) is 3.65. The molecule has 33 heavy (non-hydrogen) atoms. The largest absolute Gasteiger partial charge is 0.459 e. The molecule has 0 radical (unpaired) electrons. The molecule has 1 aromatic heterocycles. The Morgan fingerprint density at radius 2 is 1.64 bits per heavy atom. The highest BCUT2D eigenvalue weighted by Crippen LogP contribution is 2.15. The summed E-state index contributed by atoms with van der Waals surface area (Å²) in [5, 5.41) is 8.44. The summed E-state index contributed by atoms with van der Waals surface area (Å²) < 4.78 is 5.09. The van der Waals surface area contributed by atoms with Gasteiger partial charge in [-0.1, -0.05) is 36.4 Å². The van der Waals surface area contributed by atoms with Crippen molar-refractivity contribution in [2.45, 2.75) is 32.5 Å². The molecular weight excluding hydrogens is 420 g/mol. The maximum absolute atomic E-state index is 12.3. The summed E-state index contributed by atoms with van der Waals surface area (Å²) in [6.45, 7) is 2.10. The highest BCUT2D eigenvalue weighted by atomic mass is 16.3. The number of carbonyl (C=O) groups is 3. The number of urea groups is 1. The number of likely N-dealkylation sites (tertiary alicyclic amines) is 1. The Kier molecular flexibility index (Phi) is 7.04. The number of anilines is 1. The molecule has 1 aliphatic heterocycles. The number of hydrogen-bond acceptors (Lipinski definition) is 4. The third-order valence-electron chi connectivity index (χ3n) is 5.37. The molecule has 1 fully saturated rings. The Hall–Kier alpha value is -4.07. The lowest BCUT2D eigenvalue weighted by atomic mass is 10.1. The number of benzene rings is 2. The second-order valence-corrected chi connectivity index (χ2v) is 7.91. The van der Waals surface area contributed by atoms with Crippen molar-refractivity contribution in [3.05, 3.63) is 89.4 Å². The van der Waals surface area contributed by atoms with Crippen LogP contribution in [0.3, 0.4) is 0 Å². The number of hydrogen-bond donors (Lipinski definition) is 3. The highest BCUT2D eigenvalue weighted by molar-refractivity contribution is 6.02. The minimum Gasteiger partial charge on any atom is -0.459 e. The molecule has 2 heterocycles. The molecule has 0 saturated carbocycles. The fourth-order valence-electron chi connectivity index (χ4n) is 3.72. The summed E-state index contributed by atoms with van der Waals surface area (Å²) in [6.07, 6.45) is 2.98. The lowest BCUT2D eigenvalue weighted by Crippen LogP contribution is -2.34. The lowest BCUT2D eigenvalue weighted by molar-refractivity contribution is -0.128. The maximum Gasteiger partial charge on any atom is 0.315 e. The monoisotopic (exact) mass is 446 g/mol. The summed E-state index contributed by atoms with van der Waals surface area (Å²) >= 11 is 0. The Labute approximate surface area is 192 Å². The van der Waals surface area contributed by atoms with Crippen LogP contribution in [-0.2, 0) is 24.4 Å². The first kappa shape index (κ1) is 22.1. The van der Waals surface area contributed by atoms with Gasteiger partial charge < -0.3 is 25.3 Å². The van der Waals surface area contributed by atoms with E-state index in [0.29, 0.717) is 31.7 Å². The zero-order valence-electron chi connectivity index (χ0n) is 18.2. The van der Waals surface area contributed by atoms with Gasteiger partial charge in [0, 0.05) is 38.3 Å².